The van der Waals surface area contributed by atoms with E-state index in [4.69, 9.17) is 4.74 Å². The highest BCUT2D eigenvalue weighted by Crippen LogP contribution is 2.32. The van der Waals surface area contributed by atoms with E-state index in [9.17, 15) is 13.6 Å². The zero-order valence-corrected chi connectivity index (χ0v) is 9.89. The zero-order chi connectivity index (χ0) is 13.8. The number of hydrogen-bond acceptors (Lipinski definition) is 4. The van der Waals surface area contributed by atoms with Gasteiger partial charge in [0.15, 0.2) is 11.5 Å². The van der Waals surface area contributed by atoms with Crippen molar-refractivity contribution in [2.24, 2.45) is 0 Å². The van der Waals surface area contributed by atoms with Crippen molar-refractivity contribution < 1.29 is 18.3 Å². The summed E-state index contributed by atoms with van der Waals surface area (Å²) in [6, 6.07) is 5.61. The van der Waals surface area contributed by atoms with Gasteiger partial charge in [0.1, 0.15) is 5.82 Å². The Kier molecular flexibility index (Phi) is 3.74. The average molecular weight is 268 g/mol. The van der Waals surface area contributed by atoms with Crippen molar-refractivity contribution in [1.29, 1.82) is 0 Å². The predicted molar refractivity (Wildman–Crippen MR) is 63.5 cm³/mol. The zero-order valence-electron chi connectivity index (χ0n) is 9.89. The van der Waals surface area contributed by atoms with Gasteiger partial charge in [0, 0.05) is 17.8 Å². The van der Waals surface area contributed by atoms with E-state index in [0.29, 0.717) is 5.56 Å². The second-order valence-electron chi connectivity index (χ2n) is 3.53. The molecular formula is C12H10F2N2O3. The number of aromatic nitrogens is 2. The predicted octanol–water partition coefficient (Wildman–Crippen LogP) is 2.05. The standard InChI is InChI=1S/C12H10F2N2O3/c1-18-8-3-2-7(6-9(8)19-12(13)14)11-15-5-4-10(17)16-11/h2-6,12H,1H3,(H,15,16,17). The first-order valence-electron chi connectivity index (χ1n) is 5.28. The second-order valence-corrected chi connectivity index (χ2v) is 3.53. The molecule has 0 radical (unpaired) electrons. The minimum absolute atomic E-state index is 0.124. The molecule has 1 aromatic carbocycles. The molecule has 1 aromatic heterocycles. The lowest BCUT2D eigenvalue weighted by atomic mass is 10.2. The van der Waals surface area contributed by atoms with Gasteiger partial charge in [0.2, 0.25) is 0 Å². The number of nitrogens with zero attached hydrogens (tertiary/aromatic N) is 1. The molecule has 0 aliphatic carbocycles. The summed E-state index contributed by atoms with van der Waals surface area (Å²) in [4.78, 5) is 17.6. The molecule has 19 heavy (non-hydrogen) atoms. The lowest BCUT2D eigenvalue weighted by molar-refractivity contribution is -0.0511. The number of halogens is 2. The highest BCUT2D eigenvalue weighted by molar-refractivity contribution is 5.60. The summed E-state index contributed by atoms with van der Waals surface area (Å²) in [6.45, 7) is -2.97. The molecule has 2 rings (SSSR count). The second kappa shape index (κ2) is 5.47. The number of rotatable bonds is 4. The van der Waals surface area contributed by atoms with Gasteiger partial charge in [-0.3, -0.25) is 4.79 Å². The lowest BCUT2D eigenvalue weighted by Gasteiger charge is -2.11. The van der Waals surface area contributed by atoms with E-state index >= 15 is 0 Å². The first-order chi connectivity index (χ1) is 9.10. The molecular weight excluding hydrogens is 258 g/mol. The van der Waals surface area contributed by atoms with Crippen LogP contribution in [-0.2, 0) is 0 Å². The van der Waals surface area contributed by atoms with Crippen LogP contribution in [0.2, 0.25) is 0 Å². The van der Waals surface area contributed by atoms with Crippen LogP contribution in [0.25, 0.3) is 11.4 Å². The first kappa shape index (κ1) is 13.0. The fourth-order valence-corrected chi connectivity index (χ4v) is 1.53. The van der Waals surface area contributed by atoms with Crippen molar-refractivity contribution in [3.05, 3.63) is 40.8 Å². The van der Waals surface area contributed by atoms with Gasteiger partial charge < -0.3 is 14.5 Å². The van der Waals surface area contributed by atoms with Crippen molar-refractivity contribution in [2.45, 2.75) is 6.61 Å². The van der Waals surface area contributed by atoms with Crippen LogP contribution in [0.1, 0.15) is 0 Å². The van der Waals surface area contributed by atoms with Gasteiger partial charge in [-0.25, -0.2) is 4.98 Å². The van der Waals surface area contributed by atoms with Gasteiger partial charge in [0.25, 0.3) is 5.56 Å². The van der Waals surface area contributed by atoms with E-state index in [0.717, 1.165) is 0 Å². The summed E-state index contributed by atoms with van der Waals surface area (Å²) in [5, 5.41) is 0. The number of aromatic amines is 1. The average Bonchev–Trinajstić information content (AvgIpc) is 2.38. The molecule has 0 saturated carbocycles. The molecule has 5 nitrogen and oxygen atoms in total. The van der Waals surface area contributed by atoms with Gasteiger partial charge in [-0.15, -0.1) is 0 Å². The van der Waals surface area contributed by atoms with Crippen LogP contribution in [0.5, 0.6) is 11.5 Å². The molecule has 0 aliphatic heterocycles. The quantitative estimate of drug-likeness (QED) is 0.921. The Labute approximate surface area is 106 Å². The van der Waals surface area contributed by atoms with Crippen LogP contribution < -0.4 is 15.0 Å². The Balaban J connectivity index is 2.45. The highest BCUT2D eigenvalue weighted by atomic mass is 19.3. The Bertz CT molecular complexity index is 628. The largest absolute Gasteiger partial charge is 0.493 e. The monoisotopic (exact) mass is 268 g/mol. The Morgan fingerprint density at radius 1 is 1.26 bits per heavy atom. The lowest BCUT2D eigenvalue weighted by Crippen LogP contribution is -2.07. The van der Waals surface area contributed by atoms with Crippen molar-refractivity contribution in [2.75, 3.05) is 7.11 Å². The maximum atomic E-state index is 12.3. The normalized spacial score (nSPS) is 10.5. The molecule has 0 bridgehead atoms. The van der Waals surface area contributed by atoms with E-state index in [1.807, 2.05) is 0 Å². The summed E-state index contributed by atoms with van der Waals surface area (Å²) in [5.74, 6) is 0.304. The number of hydrogen-bond donors (Lipinski definition) is 1. The molecule has 2 aromatic rings. The van der Waals surface area contributed by atoms with Gasteiger partial charge in [-0.1, -0.05) is 0 Å². The molecule has 100 valence electrons. The number of H-pyrrole nitrogens is 1. The SMILES string of the molecule is COc1ccc(-c2nccc(=O)[nH]2)cc1OC(F)F. The summed E-state index contributed by atoms with van der Waals surface area (Å²) in [5.41, 5.74) is 0.103. The van der Waals surface area contributed by atoms with E-state index < -0.39 is 6.61 Å². The highest BCUT2D eigenvalue weighted by Gasteiger charge is 2.12. The van der Waals surface area contributed by atoms with Crippen molar-refractivity contribution in [1.82, 2.24) is 9.97 Å². The first-order valence-corrected chi connectivity index (χ1v) is 5.28. The van der Waals surface area contributed by atoms with Gasteiger partial charge in [0.05, 0.1) is 7.11 Å². The van der Waals surface area contributed by atoms with E-state index in [2.05, 4.69) is 14.7 Å². The Hall–Kier alpha value is -2.44. The molecule has 0 aliphatic rings. The molecule has 1 N–H and O–H groups in total. The molecule has 0 spiro atoms. The molecule has 1 heterocycles. The number of nitrogens with one attached hydrogen (secondary N) is 1. The van der Waals surface area contributed by atoms with E-state index in [1.54, 1.807) is 6.07 Å². The van der Waals surface area contributed by atoms with E-state index in [1.165, 1.54) is 31.5 Å². The third-order valence-corrected chi connectivity index (χ3v) is 2.32. The minimum atomic E-state index is -2.97. The minimum Gasteiger partial charge on any atom is -0.493 e. The summed E-state index contributed by atoms with van der Waals surface area (Å²) in [7, 11) is 1.34. The van der Waals surface area contributed by atoms with Crippen LogP contribution >= 0.6 is 0 Å². The van der Waals surface area contributed by atoms with Gasteiger partial charge in [-0.2, -0.15) is 8.78 Å². The molecule has 0 atom stereocenters. The summed E-state index contributed by atoms with van der Waals surface area (Å²) in [6.07, 6.45) is 1.33. The molecule has 0 amide bonds. The van der Waals surface area contributed by atoms with Crippen molar-refractivity contribution in [3.8, 4) is 22.9 Å². The Morgan fingerprint density at radius 2 is 2.05 bits per heavy atom. The number of alkyl halides is 2. The van der Waals surface area contributed by atoms with Gasteiger partial charge >= 0.3 is 6.61 Å². The van der Waals surface area contributed by atoms with Crippen LogP contribution in [0.4, 0.5) is 8.78 Å². The maximum Gasteiger partial charge on any atom is 0.387 e. The summed E-state index contributed by atoms with van der Waals surface area (Å²) < 4.78 is 33.8. The van der Waals surface area contributed by atoms with Crippen molar-refractivity contribution in [3.63, 3.8) is 0 Å². The summed E-state index contributed by atoms with van der Waals surface area (Å²) >= 11 is 0. The van der Waals surface area contributed by atoms with Crippen LogP contribution in [0.15, 0.2) is 35.3 Å². The fourth-order valence-electron chi connectivity index (χ4n) is 1.53. The third kappa shape index (κ3) is 3.06. The molecule has 7 heteroatoms. The number of ether oxygens (including phenoxy) is 2. The number of methoxy groups -OCH3 is 1. The fraction of sp³-hybridized carbons (Fsp3) is 0.167. The van der Waals surface area contributed by atoms with E-state index in [-0.39, 0.29) is 22.9 Å². The molecule has 0 unspecified atom stereocenters. The van der Waals surface area contributed by atoms with Crippen molar-refractivity contribution >= 4 is 0 Å². The van der Waals surface area contributed by atoms with Crippen LogP contribution in [0, 0.1) is 0 Å². The smallest absolute Gasteiger partial charge is 0.387 e. The van der Waals surface area contributed by atoms with Crippen LogP contribution in [-0.4, -0.2) is 23.7 Å². The Morgan fingerprint density at radius 3 is 2.68 bits per heavy atom. The number of benzene rings is 1. The third-order valence-electron chi connectivity index (χ3n) is 2.32. The topological polar surface area (TPSA) is 64.2 Å². The van der Waals surface area contributed by atoms with Crippen LogP contribution in [0.3, 0.4) is 0 Å². The maximum absolute atomic E-state index is 12.3. The molecule has 0 saturated heterocycles. The van der Waals surface area contributed by atoms with Gasteiger partial charge in [-0.05, 0) is 18.2 Å². The molecule has 0 fully saturated rings.